The van der Waals surface area contributed by atoms with Gasteiger partial charge in [0.1, 0.15) is 0 Å². The number of benzene rings is 1. The Morgan fingerprint density at radius 2 is 1.76 bits per heavy atom. The van der Waals surface area contributed by atoms with Gasteiger partial charge in [0, 0.05) is 17.7 Å². The van der Waals surface area contributed by atoms with Crippen LogP contribution in [-0.4, -0.2) is 23.0 Å². The van der Waals surface area contributed by atoms with Crippen molar-refractivity contribution in [3.05, 3.63) is 41.5 Å². The van der Waals surface area contributed by atoms with E-state index in [0.717, 1.165) is 30.4 Å². The Morgan fingerprint density at radius 3 is 2.33 bits per heavy atom. The van der Waals surface area contributed by atoms with Gasteiger partial charge >= 0.3 is 5.97 Å². The summed E-state index contributed by atoms with van der Waals surface area (Å²) in [5.74, 6) is -0.273. The highest BCUT2D eigenvalue weighted by atomic mass is 16.4. The molecule has 1 amide bonds. The molecule has 1 aliphatic carbocycles. The molecule has 1 saturated carbocycles. The SMILES string of the molecule is CC1CCC(NC(=O)c2ccc(/C=C/C(=O)O)cc2)CC1. The van der Waals surface area contributed by atoms with Crippen LogP contribution in [0.5, 0.6) is 0 Å². The maximum absolute atomic E-state index is 12.1. The van der Waals surface area contributed by atoms with E-state index in [2.05, 4.69) is 12.2 Å². The molecular weight excluding hydrogens is 266 g/mol. The number of carboxylic acids is 1. The molecule has 1 aromatic rings. The second kappa shape index (κ2) is 7.07. The molecule has 1 aliphatic rings. The number of carbonyl (C=O) groups excluding carboxylic acids is 1. The summed E-state index contributed by atoms with van der Waals surface area (Å²) >= 11 is 0. The zero-order valence-corrected chi connectivity index (χ0v) is 12.2. The molecule has 1 fully saturated rings. The Bertz CT molecular complexity index is 525. The fourth-order valence-electron chi connectivity index (χ4n) is 2.59. The van der Waals surface area contributed by atoms with Crippen LogP contribution in [0.4, 0.5) is 0 Å². The zero-order valence-electron chi connectivity index (χ0n) is 12.2. The van der Waals surface area contributed by atoms with Crippen LogP contribution in [0.2, 0.25) is 0 Å². The summed E-state index contributed by atoms with van der Waals surface area (Å²) in [7, 11) is 0. The third-order valence-corrected chi connectivity index (χ3v) is 3.94. The molecule has 0 bridgehead atoms. The summed E-state index contributed by atoms with van der Waals surface area (Å²) < 4.78 is 0. The van der Waals surface area contributed by atoms with E-state index < -0.39 is 5.97 Å². The molecule has 0 atom stereocenters. The lowest BCUT2D eigenvalue weighted by molar-refractivity contribution is -0.131. The van der Waals surface area contributed by atoms with Crippen molar-refractivity contribution < 1.29 is 14.7 Å². The van der Waals surface area contributed by atoms with Gasteiger partial charge in [-0.2, -0.15) is 0 Å². The number of carboxylic acid groups (broad SMARTS) is 1. The van der Waals surface area contributed by atoms with Crippen molar-refractivity contribution in [1.29, 1.82) is 0 Å². The lowest BCUT2D eigenvalue weighted by atomic mass is 9.87. The molecule has 0 spiro atoms. The van der Waals surface area contributed by atoms with Gasteiger partial charge in [0.15, 0.2) is 0 Å². The van der Waals surface area contributed by atoms with Gasteiger partial charge in [-0.3, -0.25) is 4.79 Å². The quantitative estimate of drug-likeness (QED) is 0.836. The smallest absolute Gasteiger partial charge is 0.328 e. The van der Waals surface area contributed by atoms with Crippen molar-refractivity contribution in [2.24, 2.45) is 5.92 Å². The monoisotopic (exact) mass is 287 g/mol. The van der Waals surface area contributed by atoms with E-state index in [1.54, 1.807) is 24.3 Å². The predicted octanol–water partition coefficient (Wildman–Crippen LogP) is 3.09. The standard InChI is InChI=1S/C17H21NO3/c1-12-2-9-15(10-3-12)18-17(21)14-7-4-13(5-8-14)6-11-16(19)20/h4-8,11-12,15H,2-3,9-10H2,1H3,(H,18,21)(H,19,20)/b11-6+. The molecule has 112 valence electrons. The number of hydrogen-bond acceptors (Lipinski definition) is 2. The van der Waals surface area contributed by atoms with Crippen LogP contribution in [0.1, 0.15) is 48.5 Å². The van der Waals surface area contributed by atoms with Crippen LogP contribution in [0.3, 0.4) is 0 Å². The van der Waals surface area contributed by atoms with Crippen LogP contribution >= 0.6 is 0 Å². The minimum Gasteiger partial charge on any atom is -0.478 e. The van der Waals surface area contributed by atoms with Crippen molar-refractivity contribution >= 4 is 18.0 Å². The van der Waals surface area contributed by atoms with Gasteiger partial charge in [0.2, 0.25) is 0 Å². The first-order valence-electron chi connectivity index (χ1n) is 7.36. The van der Waals surface area contributed by atoms with Crippen molar-refractivity contribution in [3.8, 4) is 0 Å². The van der Waals surface area contributed by atoms with Gasteiger partial charge in [-0.25, -0.2) is 4.79 Å². The largest absolute Gasteiger partial charge is 0.478 e. The third-order valence-electron chi connectivity index (χ3n) is 3.94. The van der Waals surface area contributed by atoms with E-state index in [4.69, 9.17) is 5.11 Å². The highest BCUT2D eigenvalue weighted by molar-refractivity contribution is 5.94. The maximum Gasteiger partial charge on any atom is 0.328 e. The number of amides is 1. The lowest BCUT2D eigenvalue weighted by Crippen LogP contribution is -2.37. The average molecular weight is 287 g/mol. The number of nitrogens with one attached hydrogen (secondary N) is 1. The molecule has 2 N–H and O–H groups in total. The maximum atomic E-state index is 12.1. The Kier molecular flexibility index (Phi) is 5.14. The second-order valence-electron chi connectivity index (χ2n) is 5.72. The Hall–Kier alpha value is -2.10. The first-order valence-corrected chi connectivity index (χ1v) is 7.36. The molecule has 0 heterocycles. The molecule has 1 aromatic carbocycles. The van der Waals surface area contributed by atoms with Gasteiger partial charge in [-0.05, 0) is 55.4 Å². The molecule has 4 nitrogen and oxygen atoms in total. The van der Waals surface area contributed by atoms with Crippen molar-refractivity contribution in [2.45, 2.75) is 38.6 Å². The van der Waals surface area contributed by atoms with Crippen LogP contribution in [0.25, 0.3) is 6.08 Å². The van der Waals surface area contributed by atoms with Crippen molar-refractivity contribution in [1.82, 2.24) is 5.32 Å². The molecule has 0 aromatic heterocycles. The molecular formula is C17H21NO3. The Balaban J connectivity index is 1.92. The normalized spacial score (nSPS) is 22.1. The summed E-state index contributed by atoms with van der Waals surface area (Å²) in [5.41, 5.74) is 1.38. The summed E-state index contributed by atoms with van der Waals surface area (Å²) in [4.78, 5) is 22.6. The highest BCUT2D eigenvalue weighted by Crippen LogP contribution is 2.23. The number of hydrogen-bond donors (Lipinski definition) is 2. The molecule has 0 saturated heterocycles. The number of carbonyl (C=O) groups is 2. The molecule has 0 unspecified atom stereocenters. The second-order valence-corrected chi connectivity index (χ2v) is 5.72. The molecule has 0 radical (unpaired) electrons. The first kappa shape index (κ1) is 15.3. The van der Waals surface area contributed by atoms with Crippen LogP contribution < -0.4 is 5.32 Å². The van der Waals surface area contributed by atoms with Gasteiger partial charge < -0.3 is 10.4 Å². The first-order chi connectivity index (χ1) is 10.0. The fourth-order valence-corrected chi connectivity index (χ4v) is 2.59. The zero-order chi connectivity index (χ0) is 15.2. The van der Waals surface area contributed by atoms with Crippen LogP contribution in [0, 0.1) is 5.92 Å². The van der Waals surface area contributed by atoms with Gasteiger partial charge in [-0.1, -0.05) is 19.1 Å². The Morgan fingerprint density at radius 1 is 1.14 bits per heavy atom. The van der Waals surface area contributed by atoms with E-state index in [1.807, 2.05) is 0 Å². The fraction of sp³-hybridized carbons (Fsp3) is 0.412. The highest BCUT2D eigenvalue weighted by Gasteiger charge is 2.20. The average Bonchev–Trinajstić information content (AvgIpc) is 2.48. The molecule has 4 heteroatoms. The number of aliphatic carboxylic acids is 1. The van der Waals surface area contributed by atoms with E-state index in [0.29, 0.717) is 5.56 Å². The minimum absolute atomic E-state index is 0.0525. The van der Waals surface area contributed by atoms with Crippen LogP contribution in [0.15, 0.2) is 30.3 Å². The van der Waals surface area contributed by atoms with E-state index in [-0.39, 0.29) is 11.9 Å². The minimum atomic E-state index is -0.983. The summed E-state index contributed by atoms with van der Waals surface area (Å²) in [5, 5.41) is 11.6. The predicted molar refractivity (Wildman–Crippen MR) is 82.0 cm³/mol. The molecule has 21 heavy (non-hydrogen) atoms. The van der Waals surface area contributed by atoms with Gasteiger partial charge in [0.25, 0.3) is 5.91 Å². The third kappa shape index (κ3) is 4.74. The number of rotatable bonds is 4. The van der Waals surface area contributed by atoms with E-state index in [9.17, 15) is 9.59 Å². The topological polar surface area (TPSA) is 66.4 Å². The van der Waals surface area contributed by atoms with E-state index >= 15 is 0 Å². The molecule has 2 rings (SSSR count). The lowest BCUT2D eigenvalue weighted by Gasteiger charge is -2.26. The molecule has 0 aliphatic heterocycles. The van der Waals surface area contributed by atoms with Crippen molar-refractivity contribution in [2.75, 3.05) is 0 Å². The summed E-state index contributed by atoms with van der Waals surface area (Å²) in [6.07, 6.45) is 7.03. The van der Waals surface area contributed by atoms with E-state index in [1.165, 1.54) is 18.9 Å². The summed E-state index contributed by atoms with van der Waals surface area (Å²) in [6.45, 7) is 2.25. The van der Waals surface area contributed by atoms with Gasteiger partial charge in [0.05, 0.1) is 0 Å². The summed E-state index contributed by atoms with van der Waals surface area (Å²) in [6, 6.07) is 7.22. The Labute approximate surface area is 124 Å². The van der Waals surface area contributed by atoms with Gasteiger partial charge in [-0.15, -0.1) is 0 Å². The van der Waals surface area contributed by atoms with Crippen molar-refractivity contribution in [3.63, 3.8) is 0 Å². The van der Waals surface area contributed by atoms with Crippen LogP contribution in [-0.2, 0) is 4.79 Å².